The van der Waals surface area contributed by atoms with Crippen LogP contribution in [0.25, 0.3) is 0 Å². The van der Waals surface area contributed by atoms with Gasteiger partial charge < -0.3 is 19.1 Å². The molecule has 23 heavy (non-hydrogen) atoms. The van der Waals surface area contributed by atoms with Crippen molar-refractivity contribution in [2.45, 2.75) is 19.4 Å². The predicted octanol–water partition coefficient (Wildman–Crippen LogP) is 1.23. The van der Waals surface area contributed by atoms with Gasteiger partial charge in [-0.1, -0.05) is 0 Å². The van der Waals surface area contributed by atoms with E-state index in [9.17, 15) is 9.00 Å². The fourth-order valence-corrected chi connectivity index (χ4v) is 4.03. The van der Waals surface area contributed by atoms with Crippen LogP contribution in [0.4, 0.5) is 0 Å². The first kappa shape index (κ1) is 17.6. The van der Waals surface area contributed by atoms with Gasteiger partial charge in [0, 0.05) is 34.9 Å². The van der Waals surface area contributed by atoms with E-state index in [2.05, 4.69) is 0 Å². The van der Waals surface area contributed by atoms with Crippen molar-refractivity contribution in [1.82, 2.24) is 4.90 Å². The Hall–Kier alpha value is -1.76. The van der Waals surface area contributed by atoms with Gasteiger partial charge in [0.1, 0.15) is 0 Å². The van der Waals surface area contributed by atoms with Gasteiger partial charge in [0.2, 0.25) is 11.7 Å². The van der Waals surface area contributed by atoms with Gasteiger partial charge in [-0.3, -0.25) is 9.00 Å². The molecule has 1 aromatic carbocycles. The second-order valence-corrected chi connectivity index (χ2v) is 7.08. The minimum atomic E-state index is -0.819. The highest BCUT2D eigenvalue weighted by Gasteiger charge is 2.27. The average molecular weight is 341 g/mol. The lowest BCUT2D eigenvalue weighted by Gasteiger charge is -2.33. The van der Waals surface area contributed by atoms with Gasteiger partial charge in [-0.05, 0) is 24.6 Å². The summed E-state index contributed by atoms with van der Waals surface area (Å²) >= 11 is 0. The van der Waals surface area contributed by atoms with Crippen molar-refractivity contribution in [1.29, 1.82) is 0 Å². The minimum absolute atomic E-state index is 0.000812. The number of benzene rings is 1. The molecule has 0 aromatic heterocycles. The summed E-state index contributed by atoms with van der Waals surface area (Å²) in [5, 5.41) is 0. The number of amides is 1. The molecule has 1 aliphatic heterocycles. The van der Waals surface area contributed by atoms with Gasteiger partial charge in [-0.15, -0.1) is 0 Å². The Kier molecular flexibility index (Phi) is 5.87. The number of rotatable bonds is 5. The predicted molar refractivity (Wildman–Crippen MR) is 88.9 cm³/mol. The second kappa shape index (κ2) is 7.68. The fraction of sp³-hybridized carbons (Fsp3) is 0.562. The highest BCUT2D eigenvalue weighted by molar-refractivity contribution is 7.85. The average Bonchev–Trinajstić information content (AvgIpc) is 2.53. The molecule has 128 valence electrons. The van der Waals surface area contributed by atoms with Gasteiger partial charge in [-0.2, -0.15) is 0 Å². The van der Waals surface area contributed by atoms with Crippen LogP contribution in [0.5, 0.6) is 17.2 Å². The minimum Gasteiger partial charge on any atom is -0.493 e. The van der Waals surface area contributed by atoms with Crippen LogP contribution in [0, 0.1) is 0 Å². The summed E-state index contributed by atoms with van der Waals surface area (Å²) in [7, 11) is 3.82. The summed E-state index contributed by atoms with van der Waals surface area (Å²) in [6.07, 6.45) is 0.244. The van der Waals surface area contributed by atoms with Crippen molar-refractivity contribution in [2.24, 2.45) is 0 Å². The fourth-order valence-electron chi connectivity index (χ4n) is 2.75. The lowest BCUT2D eigenvalue weighted by molar-refractivity contribution is -0.131. The maximum atomic E-state index is 12.6. The third kappa shape index (κ3) is 3.96. The Balaban J connectivity index is 2.19. The molecule has 0 bridgehead atoms. The van der Waals surface area contributed by atoms with Crippen LogP contribution in [-0.4, -0.2) is 60.4 Å². The van der Waals surface area contributed by atoms with Crippen LogP contribution in [-0.2, 0) is 22.0 Å². The zero-order valence-corrected chi connectivity index (χ0v) is 14.8. The highest BCUT2D eigenvalue weighted by Crippen LogP contribution is 2.38. The Labute approximate surface area is 139 Å². The van der Waals surface area contributed by atoms with Gasteiger partial charge in [0.25, 0.3) is 0 Å². The van der Waals surface area contributed by atoms with Crippen LogP contribution in [0.1, 0.15) is 12.5 Å². The van der Waals surface area contributed by atoms with Gasteiger partial charge >= 0.3 is 0 Å². The van der Waals surface area contributed by atoms with E-state index in [0.717, 1.165) is 5.56 Å². The van der Waals surface area contributed by atoms with Gasteiger partial charge in [0.15, 0.2) is 11.5 Å². The molecule has 7 heteroatoms. The molecule has 0 N–H and O–H groups in total. The third-order valence-corrected chi connectivity index (χ3v) is 5.41. The standard InChI is InChI=1S/C16H23NO5S/c1-11-10-23(19)6-5-17(11)15(18)9-12-7-13(20-2)16(22-4)14(8-12)21-3/h7-8,11H,5-6,9-10H2,1-4H3/t11-,23+/m1/s1. The lowest BCUT2D eigenvalue weighted by atomic mass is 10.1. The van der Waals surface area contributed by atoms with E-state index in [-0.39, 0.29) is 18.4 Å². The molecule has 0 radical (unpaired) electrons. The summed E-state index contributed by atoms with van der Waals surface area (Å²) in [5.74, 6) is 2.67. The van der Waals surface area contributed by atoms with Crippen LogP contribution < -0.4 is 14.2 Å². The van der Waals surface area contributed by atoms with E-state index >= 15 is 0 Å². The molecule has 0 spiro atoms. The smallest absolute Gasteiger partial charge is 0.227 e. The summed E-state index contributed by atoms with van der Waals surface area (Å²) in [4.78, 5) is 14.3. The number of hydrogen-bond donors (Lipinski definition) is 0. The zero-order valence-electron chi connectivity index (χ0n) is 14.0. The first-order valence-electron chi connectivity index (χ1n) is 7.43. The van der Waals surface area contributed by atoms with E-state index in [1.54, 1.807) is 38.4 Å². The third-order valence-electron chi connectivity index (χ3n) is 3.92. The number of ether oxygens (including phenoxy) is 3. The van der Waals surface area contributed by atoms with Crippen molar-refractivity contribution < 1.29 is 23.2 Å². The van der Waals surface area contributed by atoms with E-state index in [0.29, 0.717) is 35.3 Å². The second-order valence-electron chi connectivity index (χ2n) is 5.46. The molecule has 2 rings (SSSR count). The SMILES string of the molecule is COc1cc(CC(=O)N2CC[S@](=O)C[C@H]2C)cc(OC)c1OC. The topological polar surface area (TPSA) is 65.1 Å². The number of nitrogens with zero attached hydrogens (tertiary/aromatic N) is 1. The molecule has 1 saturated heterocycles. The summed E-state index contributed by atoms with van der Waals surface area (Å²) in [6.45, 7) is 2.47. The molecular weight excluding hydrogens is 318 g/mol. The van der Waals surface area contributed by atoms with Crippen molar-refractivity contribution in [2.75, 3.05) is 39.4 Å². The van der Waals surface area contributed by atoms with Crippen molar-refractivity contribution in [3.05, 3.63) is 17.7 Å². The Morgan fingerprint density at radius 1 is 1.22 bits per heavy atom. The van der Waals surface area contributed by atoms with E-state index in [4.69, 9.17) is 14.2 Å². The van der Waals surface area contributed by atoms with Crippen molar-refractivity contribution >= 4 is 16.7 Å². The quantitative estimate of drug-likeness (QED) is 0.806. The van der Waals surface area contributed by atoms with Gasteiger partial charge in [0.05, 0.1) is 27.8 Å². The first-order valence-corrected chi connectivity index (χ1v) is 8.92. The highest BCUT2D eigenvalue weighted by atomic mass is 32.2. The van der Waals surface area contributed by atoms with Crippen molar-refractivity contribution in [3.63, 3.8) is 0 Å². The molecule has 1 amide bonds. The van der Waals surface area contributed by atoms with E-state index in [1.807, 2.05) is 6.92 Å². The first-order chi connectivity index (χ1) is 11.0. The molecule has 1 aromatic rings. The Morgan fingerprint density at radius 2 is 1.83 bits per heavy atom. The number of methoxy groups -OCH3 is 3. The molecule has 1 fully saturated rings. The Morgan fingerprint density at radius 3 is 2.30 bits per heavy atom. The molecule has 1 aliphatic rings. The lowest BCUT2D eigenvalue weighted by Crippen LogP contribution is -2.48. The summed E-state index contributed by atoms with van der Waals surface area (Å²) < 4.78 is 27.5. The molecule has 0 unspecified atom stereocenters. The monoisotopic (exact) mass is 341 g/mol. The zero-order chi connectivity index (χ0) is 17.0. The molecule has 0 saturated carbocycles. The van der Waals surface area contributed by atoms with Crippen LogP contribution in [0.2, 0.25) is 0 Å². The molecule has 2 atom stereocenters. The molecule has 6 nitrogen and oxygen atoms in total. The normalized spacial score (nSPS) is 21.0. The van der Waals surface area contributed by atoms with Gasteiger partial charge in [-0.25, -0.2) is 0 Å². The van der Waals surface area contributed by atoms with Crippen LogP contribution >= 0.6 is 0 Å². The molecule has 0 aliphatic carbocycles. The number of hydrogen-bond acceptors (Lipinski definition) is 5. The number of carbonyl (C=O) groups is 1. The van der Waals surface area contributed by atoms with Crippen LogP contribution in [0.3, 0.4) is 0 Å². The maximum absolute atomic E-state index is 12.6. The molecular formula is C16H23NO5S. The summed E-state index contributed by atoms with van der Waals surface area (Å²) in [6, 6.07) is 3.57. The molecule has 1 heterocycles. The van der Waals surface area contributed by atoms with E-state index in [1.165, 1.54) is 0 Å². The van der Waals surface area contributed by atoms with Crippen molar-refractivity contribution in [3.8, 4) is 17.2 Å². The maximum Gasteiger partial charge on any atom is 0.227 e. The van der Waals surface area contributed by atoms with Crippen LogP contribution in [0.15, 0.2) is 12.1 Å². The largest absolute Gasteiger partial charge is 0.493 e. The summed E-state index contributed by atoms with van der Waals surface area (Å²) in [5.41, 5.74) is 0.795. The number of carbonyl (C=O) groups excluding carboxylic acids is 1. The van der Waals surface area contributed by atoms with E-state index < -0.39 is 10.8 Å². The Bertz CT molecular complexity index is 579.